The Bertz CT molecular complexity index is 4250. The molecular formula is C68H46N6O. The predicted octanol–water partition coefficient (Wildman–Crippen LogP) is 18.3. The van der Waals surface area contributed by atoms with Gasteiger partial charge in [-0.05, 0) is 112 Å². The van der Waals surface area contributed by atoms with Gasteiger partial charge >= 0.3 is 0 Å². The maximum absolute atomic E-state index is 6.49. The van der Waals surface area contributed by atoms with E-state index < -0.39 is 0 Å². The van der Waals surface area contributed by atoms with Gasteiger partial charge in [0.05, 0.1) is 45.5 Å². The average molecular weight is 963 g/mol. The number of rotatable bonds is 6. The van der Waals surface area contributed by atoms with Crippen molar-refractivity contribution in [3.05, 3.63) is 254 Å². The number of nitrogens with zero attached hydrogens (tertiary/aromatic N) is 6. The Morgan fingerprint density at radius 2 is 0.827 bits per heavy atom. The Kier molecular flexibility index (Phi) is 9.47. The molecule has 1 aliphatic carbocycles. The highest BCUT2D eigenvalue weighted by Gasteiger charge is 2.37. The van der Waals surface area contributed by atoms with Crippen molar-refractivity contribution in [2.75, 3.05) is 14.7 Å². The van der Waals surface area contributed by atoms with Crippen molar-refractivity contribution in [1.29, 1.82) is 0 Å². The number of para-hydroxylation sites is 6. The summed E-state index contributed by atoms with van der Waals surface area (Å²) in [6.07, 6.45) is 0. The fraction of sp³-hybridized carbons (Fsp3) is 0.0441. The van der Waals surface area contributed by atoms with E-state index in [2.05, 4.69) is 229 Å². The minimum atomic E-state index is -0.163. The molecule has 12 aromatic rings. The van der Waals surface area contributed by atoms with Gasteiger partial charge in [0.1, 0.15) is 0 Å². The van der Waals surface area contributed by atoms with Crippen LogP contribution in [0.2, 0.25) is 0 Å². The summed E-state index contributed by atoms with van der Waals surface area (Å²) in [7, 11) is 0. The quantitative estimate of drug-likeness (QED) is 0.165. The van der Waals surface area contributed by atoms with Gasteiger partial charge < -0.3 is 19.4 Å². The SMILES string of the molecule is CC1(C)c2ccccc2-c2ccc(-c3nc(-c4ccccc4)nc(-c4ccc5c(N6c7ccccc7N(c7cccc8ccccc78)c7cc(N8c9ccccc9Oc9ccccc98)ccc76)cccc5c4)n3)cc21. The van der Waals surface area contributed by atoms with Crippen LogP contribution >= 0.6 is 0 Å². The molecule has 0 fully saturated rings. The van der Waals surface area contributed by atoms with Crippen molar-refractivity contribution in [3.8, 4) is 56.8 Å². The van der Waals surface area contributed by atoms with Crippen molar-refractivity contribution in [1.82, 2.24) is 15.0 Å². The molecule has 0 amide bonds. The van der Waals surface area contributed by atoms with Gasteiger partial charge in [-0.25, -0.2) is 15.0 Å². The molecule has 0 radical (unpaired) electrons. The van der Waals surface area contributed by atoms with Crippen molar-refractivity contribution in [3.63, 3.8) is 0 Å². The summed E-state index contributed by atoms with van der Waals surface area (Å²) in [5, 5.41) is 4.51. The zero-order valence-corrected chi connectivity index (χ0v) is 41.2. The molecule has 15 rings (SSSR count). The highest BCUT2D eigenvalue weighted by molar-refractivity contribution is 6.11. The summed E-state index contributed by atoms with van der Waals surface area (Å²) >= 11 is 0. The molecule has 11 aromatic carbocycles. The summed E-state index contributed by atoms with van der Waals surface area (Å²) in [6, 6.07) is 86.3. The van der Waals surface area contributed by atoms with Crippen LogP contribution in [0, 0.1) is 0 Å². The van der Waals surface area contributed by atoms with Gasteiger partial charge in [0.15, 0.2) is 29.0 Å². The number of hydrogen-bond acceptors (Lipinski definition) is 7. The van der Waals surface area contributed by atoms with Crippen LogP contribution < -0.4 is 19.4 Å². The lowest BCUT2D eigenvalue weighted by Crippen LogP contribution is -2.25. The molecule has 0 atom stereocenters. The van der Waals surface area contributed by atoms with Crippen LogP contribution in [0.3, 0.4) is 0 Å². The molecule has 0 unspecified atom stereocenters. The summed E-state index contributed by atoms with van der Waals surface area (Å²) in [5.74, 6) is 3.51. The van der Waals surface area contributed by atoms with E-state index >= 15 is 0 Å². The first kappa shape index (κ1) is 42.8. The molecule has 7 heteroatoms. The topological polar surface area (TPSA) is 57.6 Å². The van der Waals surface area contributed by atoms with Gasteiger partial charge in [-0.3, -0.25) is 0 Å². The Morgan fingerprint density at radius 1 is 0.320 bits per heavy atom. The number of fused-ring (bicyclic) bond motifs is 9. The molecule has 0 saturated carbocycles. The van der Waals surface area contributed by atoms with E-state index in [0.29, 0.717) is 17.5 Å². The van der Waals surface area contributed by atoms with Crippen LogP contribution in [0.1, 0.15) is 25.0 Å². The van der Waals surface area contributed by atoms with Crippen LogP contribution in [0.25, 0.3) is 66.8 Å². The van der Waals surface area contributed by atoms with Gasteiger partial charge in [0, 0.05) is 38.6 Å². The standard InChI is InChI=1S/C68H46N6O/c1-68(2)53-25-9-8-24-51(53)52-38-35-47(41-54(52)68)67-70-65(44-19-4-3-5-20-44)69-66(71-67)46-34-37-50-45(40-46)22-17-31-56(50)73-57-26-10-11-27-58(57)74(55-30-16-21-43-18-6-7-23-49(43)55)62-42-48(36-39-59(62)73)72-60-28-12-14-32-63(60)75-64-33-15-13-29-61(64)72/h3-42H,1-2H3. The van der Waals surface area contributed by atoms with E-state index in [-0.39, 0.29) is 5.41 Å². The van der Waals surface area contributed by atoms with Gasteiger partial charge in [0.2, 0.25) is 0 Å². The first-order chi connectivity index (χ1) is 36.9. The lowest BCUT2D eigenvalue weighted by molar-refractivity contribution is 0.477. The Labute approximate surface area is 434 Å². The van der Waals surface area contributed by atoms with Crippen molar-refractivity contribution < 1.29 is 4.74 Å². The molecule has 3 heterocycles. The zero-order valence-electron chi connectivity index (χ0n) is 41.2. The third-order valence-electron chi connectivity index (χ3n) is 15.4. The smallest absolute Gasteiger partial charge is 0.164 e. The van der Waals surface area contributed by atoms with Crippen molar-refractivity contribution in [2.45, 2.75) is 19.3 Å². The number of anilines is 9. The van der Waals surface area contributed by atoms with Crippen LogP contribution in [-0.4, -0.2) is 15.0 Å². The molecule has 3 aliphatic rings. The number of benzene rings is 11. The fourth-order valence-corrected chi connectivity index (χ4v) is 11.8. The molecule has 0 spiro atoms. The maximum atomic E-state index is 6.49. The van der Waals surface area contributed by atoms with Gasteiger partial charge in [-0.2, -0.15) is 0 Å². The average Bonchev–Trinajstić information content (AvgIpc) is 3.71. The lowest BCUT2D eigenvalue weighted by Gasteiger charge is -2.42. The third-order valence-corrected chi connectivity index (χ3v) is 15.4. The lowest BCUT2D eigenvalue weighted by atomic mass is 9.82. The molecule has 0 saturated heterocycles. The third kappa shape index (κ3) is 6.71. The van der Waals surface area contributed by atoms with E-state index in [9.17, 15) is 0 Å². The molecule has 0 bridgehead atoms. The Morgan fingerprint density at radius 3 is 1.56 bits per heavy atom. The second-order valence-corrected chi connectivity index (χ2v) is 20.0. The van der Waals surface area contributed by atoms with Crippen molar-refractivity contribution in [2.24, 2.45) is 0 Å². The minimum absolute atomic E-state index is 0.163. The van der Waals surface area contributed by atoms with Crippen molar-refractivity contribution >= 4 is 72.7 Å². The molecule has 7 nitrogen and oxygen atoms in total. The Hall–Kier alpha value is -9.85. The fourth-order valence-electron chi connectivity index (χ4n) is 11.8. The largest absolute Gasteiger partial charge is 0.453 e. The van der Waals surface area contributed by atoms with Crippen LogP contribution in [0.5, 0.6) is 11.5 Å². The van der Waals surface area contributed by atoms with E-state index in [1.807, 2.05) is 42.5 Å². The second kappa shape index (κ2) is 16.6. The van der Waals surface area contributed by atoms with E-state index in [0.717, 1.165) is 90.1 Å². The molecule has 2 aliphatic heterocycles. The summed E-state index contributed by atoms with van der Waals surface area (Å²) in [6.45, 7) is 4.62. The summed E-state index contributed by atoms with van der Waals surface area (Å²) in [4.78, 5) is 22.8. The number of ether oxygens (including phenoxy) is 1. The zero-order chi connectivity index (χ0) is 49.8. The molecule has 354 valence electrons. The highest BCUT2D eigenvalue weighted by Crippen LogP contribution is 2.59. The predicted molar refractivity (Wildman–Crippen MR) is 306 cm³/mol. The van der Waals surface area contributed by atoms with Crippen LogP contribution in [0.4, 0.5) is 51.2 Å². The molecule has 75 heavy (non-hydrogen) atoms. The van der Waals surface area contributed by atoms with E-state index in [4.69, 9.17) is 19.7 Å². The normalized spacial score (nSPS) is 13.6. The van der Waals surface area contributed by atoms with E-state index in [1.165, 1.54) is 33.0 Å². The Balaban J connectivity index is 0.895. The molecule has 0 N–H and O–H groups in total. The van der Waals surface area contributed by atoms with E-state index in [1.54, 1.807) is 0 Å². The number of aromatic nitrogens is 3. The summed E-state index contributed by atoms with van der Waals surface area (Å²) < 4.78 is 6.49. The first-order valence-electron chi connectivity index (χ1n) is 25.5. The highest BCUT2D eigenvalue weighted by atomic mass is 16.5. The molecular weight excluding hydrogens is 917 g/mol. The number of hydrogen-bond donors (Lipinski definition) is 0. The molecule has 1 aromatic heterocycles. The second-order valence-electron chi connectivity index (χ2n) is 20.0. The first-order valence-corrected chi connectivity index (χ1v) is 25.5. The van der Waals surface area contributed by atoms with Gasteiger partial charge in [-0.1, -0.05) is 178 Å². The monoisotopic (exact) mass is 962 g/mol. The minimum Gasteiger partial charge on any atom is -0.453 e. The van der Waals surface area contributed by atoms with Crippen LogP contribution in [-0.2, 0) is 5.41 Å². The van der Waals surface area contributed by atoms with Crippen LogP contribution in [0.15, 0.2) is 243 Å². The van der Waals surface area contributed by atoms with Gasteiger partial charge in [0.25, 0.3) is 0 Å². The summed E-state index contributed by atoms with van der Waals surface area (Å²) in [5.41, 5.74) is 17.2. The maximum Gasteiger partial charge on any atom is 0.164 e. The van der Waals surface area contributed by atoms with Gasteiger partial charge in [-0.15, -0.1) is 0 Å².